The molecule has 30 heavy (non-hydrogen) atoms. The van der Waals surface area contributed by atoms with Gasteiger partial charge in [-0.05, 0) is 18.4 Å². The highest BCUT2D eigenvalue weighted by Gasteiger charge is 2.56. The molecule has 1 aromatic carbocycles. The van der Waals surface area contributed by atoms with Crippen LogP contribution in [-0.4, -0.2) is 49.8 Å². The summed E-state index contributed by atoms with van der Waals surface area (Å²) in [6, 6.07) is 9.15. The molecule has 2 aromatic rings. The van der Waals surface area contributed by atoms with Gasteiger partial charge in [0.15, 0.2) is 5.78 Å². The molecule has 0 spiro atoms. The van der Waals surface area contributed by atoms with Crippen molar-refractivity contribution in [3.63, 3.8) is 0 Å². The van der Waals surface area contributed by atoms with Gasteiger partial charge in [0.25, 0.3) is 0 Å². The zero-order chi connectivity index (χ0) is 21.5. The average Bonchev–Trinajstić information content (AvgIpc) is 3.40. The average molecular weight is 414 g/mol. The number of ether oxygens (including phenoxy) is 1. The molecule has 3 atom stereocenters. The number of alkyl carbamates (subject to hydrolysis) is 1. The first-order valence-electron chi connectivity index (χ1n) is 9.57. The van der Waals surface area contributed by atoms with Gasteiger partial charge >= 0.3 is 6.09 Å². The van der Waals surface area contributed by atoms with Gasteiger partial charge in [0.2, 0.25) is 11.8 Å². The molecule has 2 bridgehead atoms. The molecule has 1 aromatic heterocycles. The fraction of sp³-hybridized carbons (Fsp3) is 0.333. The Bertz CT molecular complexity index is 1010. The normalized spacial score (nSPS) is 22.0. The Labute approximate surface area is 171 Å². The largest absolute Gasteiger partial charge is 0.492 e. The van der Waals surface area contributed by atoms with E-state index < -0.39 is 35.2 Å². The van der Waals surface area contributed by atoms with Crippen molar-refractivity contribution >= 4 is 11.9 Å². The molecule has 0 fully saturated rings. The first-order chi connectivity index (χ1) is 14.3. The van der Waals surface area contributed by atoms with E-state index in [1.807, 2.05) is 30.3 Å². The molecule has 0 aliphatic heterocycles. The standard InChI is InChI=1S/C21H22N2O7/c24-14(7-9-22-20(28)30-11-12-4-2-1-3-5-12)17(25)21-8-6-13(10-21)15-16(21)19(27)23(29)18(15)26/h1-6,8,13-14,24,26-27,29H,7,9-11H2,(H,22,28). The van der Waals surface area contributed by atoms with Crippen LogP contribution in [0.15, 0.2) is 42.5 Å². The van der Waals surface area contributed by atoms with Crippen LogP contribution in [0.1, 0.15) is 35.4 Å². The Kier molecular flexibility index (Phi) is 4.90. The zero-order valence-electron chi connectivity index (χ0n) is 16.0. The summed E-state index contributed by atoms with van der Waals surface area (Å²) in [5.74, 6) is -2.02. The third kappa shape index (κ3) is 3.07. The van der Waals surface area contributed by atoms with Crippen molar-refractivity contribution in [2.75, 3.05) is 6.54 Å². The van der Waals surface area contributed by atoms with Gasteiger partial charge < -0.3 is 30.6 Å². The number of amides is 1. The minimum atomic E-state index is -1.42. The van der Waals surface area contributed by atoms with Gasteiger partial charge in [-0.2, -0.15) is 0 Å². The van der Waals surface area contributed by atoms with Crippen molar-refractivity contribution in [1.29, 1.82) is 0 Å². The summed E-state index contributed by atoms with van der Waals surface area (Å²) < 4.78 is 5.32. The van der Waals surface area contributed by atoms with Gasteiger partial charge in [-0.3, -0.25) is 4.79 Å². The number of Topliss-reactive ketones (excluding diaryl/α,β-unsaturated/α-hetero) is 1. The highest BCUT2D eigenvalue weighted by Crippen LogP contribution is 2.60. The summed E-state index contributed by atoms with van der Waals surface area (Å²) in [7, 11) is 0. The molecule has 0 saturated heterocycles. The van der Waals surface area contributed by atoms with E-state index in [0.29, 0.717) is 5.56 Å². The Morgan fingerprint density at radius 1 is 1.23 bits per heavy atom. The topological polar surface area (TPSA) is 141 Å². The fourth-order valence-corrected chi connectivity index (χ4v) is 4.31. The molecule has 2 aliphatic rings. The second-order valence-corrected chi connectivity index (χ2v) is 7.55. The quantitative estimate of drug-likeness (QED) is 0.343. The number of aromatic hydroxyl groups is 2. The number of aliphatic hydroxyl groups excluding tert-OH is 1. The highest BCUT2D eigenvalue weighted by molar-refractivity contribution is 5.99. The Balaban J connectivity index is 1.34. The van der Waals surface area contributed by atoms with Crippen LogP contribution in [0, 0.1) is 0 Å². The van der Waals surface area contributed by atoms with Gasteiger partial charge in [0.1, 0.15) is 12.7 Å². The molecule has 2 aliphatic carbocycles. The molecule has 158 valence electrons. The van der Waals surface area contributed by atoms with Crippen LogP contribution >= 0.6 is 0 Å². The number of carbonyl (C=O) groups is 2. The second-order valence-electron chi connectivity index (χ2n) is 7.55. The third-order valence-electron chi connectivity index (χ3n) is 5.75. The molecule has 0 radical (unpaired) electrons. The Hall–Kier alpha value is -3.46. The van der Waals surface area contributed by atoms with Crippen molar-refractivity contribution in [3.8, 4) is 11.8 Å². The van der Waals surface area contributed by atoms with E-state index in [1.54, 1.807) is 12.2 Å². The van der Waals surface area contributed by atoms with Gasteiger partial charge in [-0.15, -0.1) is 4.73 Å². The second kappa shape index (κ2) is 7.42. The Morgan fingerprint density at radius 3 is 2.70 bits per heavy atom. The SMILES string of the molecule is O=C(NCCC(O)C(=O)C12C=CC(C1)c1c2c(O)n(O)c1O)OCc1ccccc1. The first-order valence-corrected chi connectivity index (χ1v) is 9.57. The zero-order valence-corrected chi connectivity index (χ0v) is 16.0. The number of fused-ring (bicyclic) bond motifs is 5. The summed E-state index contributed by atoms with van der Waals surface area (Å²) in [4.78, 5) is 24.8. The van der Waals surface area contributed by atoms with E-state index in [1.165, 1.54) is 0 Å². The highest BCUT2D eigenvalue weighted by atomic mass is 16.5. The van der Waals surface area contributed by atoms with Gasteiger partial charge in [-0.25, -0.2) is 4.79 Å². The van der Waals surface area contributed by atoms with E-state index in [9.17, 15) is 30.1 Å². The number of carbonyl (C=O) groups excluding carboxylic acids is 2. The maximum atomic E-state index is 13.0. The van der Waals surface area contributed by atoms with Crippen LogP contribution in [0.3, 0.4) is 0 Å². The number of rotatable bonds is 7. The molecular weight excluding hydrogens is 392 g/mol. The van der Waals surface area contributed by atoms with E-state index >= 15 is 0 Å². The molecule has 1 heterocycles. The van der Waals surface area contributed by atoms with Crippen LogP contribution in [0.5, 0.6) is 11.8 Å². The van der Waals surface area contributed by atoms with E-state index in [0.717, 1.165) is 5.56 Å². The summed E-state index contributed by atoms with van der Waals surface area (Å²) >= 11 is 0. The van der Waals surface area contributed by atoms with E-state index in [4.69, 9.17) is 4.74 Å². The number of benzene rings is 1. The summed E-state index contributed by atoms with van der Waals surface area (Å²) in [6.07, 6.45) is 1.43. The number of allylic oxidation sites excluding steroid dienone is 2. The third-order valence-corrected chi connectivity index (χ3v) is 5.75. The number of ketones is 1. The minimum absolute atomic E-state index is 0.00878. The molecule has 0 saturated carbocycles. The summed E-state index contributed by atoms with van der Waals surface area (Å²) in [5, 5.41) is 42.9. The monoisotopic (exact) mass is 414 g/mol. The lowest BCUT2D eigenvalue weighted by atomic mass is 9.77. The number of nitrogens with one attached hydrogen (secondary N) is 1. The molecule has 3 unspecified atom stereocenters. The lowest BCUT2D eigenvalue weighted by Gasteiger charge is -2.26. The maximum absolute atomic E-state index is 13.0. The van der Waals surface area contributed by atoms with E-state index in [2.05, 4.69) is 5.32 Å². The fourth-order valence-electron chi connectivity index (χ4n) is 4.31. The predicted molar refractivity (Wildman–Crippen MR) is 103 cm³/mol. The van der Waals surface area contributed by atoms with Crippen molar-refractivity contribution in [2.24, 2.45) is 0 Å². The summed E-state index contributed by atoms with van der Waals surface area (Å²) in [6.45, 7) is 0.113. The van der Waals surface area contributed by atoms with Crippen LogP contribution in [-0.2, 0) is 21.6 Å². The number of aromatic nitrogens is 1. The van der Waals surface area contributed by atoms with E-state index in [-0.39, 0.29) is 42.2 Å². The smallest absolute Gasteiger partial charge is 0.407 e. The lowest BCUT2D eigenvalue weighted by Crippen LogP contribution is -2.40. The van der Waals surface area contributed by atoms with Crippen LogP contribution in [0.2, 0.25) is 0 Å². The van der Waals surface area contributed by atoms with Crippen molar-refractivity contribution in [3.05, 3.63) is 59.2 Å². The summed E-state index contributed by atoms with van der Waals surface area (Å²) in [5.41, 5.74) is -0.0709. The minimum Gasteiger partial charge on any atom is -0.492 e. The van der Waals surface area contributed by atoms with Crippen LogP contribution in [0.4, 0.5) is 4.79 Å². The molecule has 4 rings (SSSR count). The predicted octanol–water partition coefficient (Wildman–Crippen LogP) is 1.68. The maximum Gasteiger partial charge on any atom is 0.407 e. The molecule has 5 N–H and O–H groups in total. The first kappa shape index (κ1) is 19.8. The van der Waals surface area contributed by atoms with Crippen molar-refractivity contribution in [1.82, 2.24) is 10.0 Å². The number of nitrogens with zero attached hydrogens (tertiary/aromatic N) is 1. The molecule has 9 nitrogen and oxygen atoms in total. The van der Waals surface area contributed by atoms with Gasteiger partial charge in [0, 0.05) is 23.6 Å². The molecule has 9 heteroatoms. The van der Waals surface area contributed by atoms with Crippen molar-refractivity contribution < 1.29 is 34.9 Å². The van der Waals surface area contributed by atoms with Gasteiger partial charge in [0.05, 0.1) is 5.41 Å². The Morgan fingerprint density at radius 2 is 1.97 bits per heavy atom. The molecular formula is C21H22N2O7. The van der Waals surface area contributed by atoms with Crippen LogP contribution in [0.25, 0.3) is 0 Å². The number of hydrogen-bond donors (Lipinski definition) is 5. The van der Waals surface area contributed by atoms with Gasteiger partial charge in [-0.1, -0.05) is 42.5 Å². The number of aliphatic hydroxyl groups is 1. The number of hydrogen-bond acceptors (Lipinski definition) is 7. The molecule has 1 amide bonds. The van der Waals surface area contributed by atoms with Crippen LogP contribution < -0.4 is 5.32 Å². The lowest BCUT2D eigenvalue weighted by molar-refractivity contribution is -0.131. The van der Waals surface area contributed by atoms with Crippen molar-refractivity contribution in [2.45, 2.75) is 36.9 Å².